The third-order valence-corrected chi connectivity index (χ3v) is 1.91. The molecule has 1 aromatic carbocycles. The first-order chi connectivity index (χ1) is 8.36. The van der Waals surface area contributed by atoms with Gasteiger partial charge >= 0.3 is 6.18 Å². The van der Waals surface area contributed by atoms with Crippen molar-refractivity contribution in [3.63, 3.8) is 0 Å². The van der Waals surface area contributed by atoms with Crippen molar-refractivity contribution < 1.29 is 35.5 Å². The standard InChI is InChI=1S/C11H9F7O/c1-10(2,3)19-9-7(14)5(12)4(11(16,17)18)6(13)8(9)15/h1-3H3. The van der Waals surface area contributed by atoms with Crippen LogP contribution in [0.25, 0.3) is 0 Å². The van der Waals surface area contributed by atoms with Crippen molar-refractivity contribution in [2.75, 3.05) is 0 Å². The lowest BCUT2D eigenvalue weighted by Gasteiger charge is -2.23. The summed E-state index contributed by atoms with van der Waals surface area (Å²) in [5.41, 5.74) is -3.87. The molecule has 1 aromatic rings. The lowest BCUT2D eigenvalue weighted by molar-refractivity contribution is -0.143. The third kappa shape index (κ3) is 3.10. The topological polar surface area (TPSA) is 9.23 Å². The summed E-state index contributed by atoms with van der Waals surface area (Å²) in [6.07, 6.45) is -5.56. The summed E-state index contributed by atoms with van der Waals surface area (Å²) in [5.74, 6) is -11.0. The van der Waals surface area contributed by atoms with E-state index in [1.165, 1.54) is 20.8 Å². The molecule has 0 bridgehead atoms. The quantitative estimate of drug-likeness (QED) is 0.549. The summed E-state index contributed by atoms with van der Waals surface area (Å²) in [7, 11) is 0. The molecule has 1 rings (SSSR count). The first-order valence-corrected chi connectivity index (χ1v) is 4.98. The molecular formula is C11H9F7O. The Morgan fingerprint density at radius 1 is 0.737 bits per heavy atom. The minimum Gasteiger partial charge on any atom is -0.482 e. The Morgan fingerprint density at radius 3 is 1.37 bits per heavy atom. The van der Waals surface area contributed by atoms with Crippen molar-refractivity contribution in [2.24, 2.45) is 0 Å². The van der Waals surface area contributed by atoms with Crippen LogP contribution in [0.1, 0.15) is 26.3 Å². The molecule has 1 nitrogen and oxygen atoms in total. The second-order valence-electron chi connectivity index (χ2n) is 4.67. The summed E-state index contributed by atoms with van der Waals surface area (Å²) in [6, 6.07) is 0. The molecular weight excluding hydrogens is 281 g/mol. The molecule has 0 fully saturated rings. The zero-order valence-corrected chi connectivity index (χ0v) is 10.1. The summed E-state index contributed by atoms with van der Waals surface area (Å²) < 4.78 is 94.5. The van der Waals surface area contributed by atoms with Crippen LogP contribution in [0.5, 0.6) is 5.75 Å². The number of hydrogen-bond donors (Lipinski definition) is 0. The molecule has 0 aliphatic heterocycles. The summed E-state index contributed by atoms with van der Waals surface area (Å²) >= 11 is 0. The third-order valence-electron chi connectivity index (χ3n) is 1.91. The number of benzene rings is 1. The number of rotatable bonds is 1. The van der Waals surface area contributed by atoms with Gasteiger partial charge in [-0.05, 0) is 20.8 Å². The molecule has 0 unspecified atom stereocenters. The van der Waals surface area contributed by atoms with E-state index in [1.807, 2.05) is 0 Å². The van der Waals surface area contributed by atoms with Crippen molar-refractivity contribution >= 4 is 0 Å². The molecule has 0 aliphatic rings. The number of alkyl halides is 3. The van der Waals surface area contributed by atoms with Crippen molar-refractivity contribution in [3.05, 3.63) is 28.8 Å². The first-order valence-electron chi connectivity index (χ1n) is 4.98. The lowest BCUT2D eigenvalue weighted by atomic mass is 10.1. The van der Waals surface area contributed by atoms with Gasteiger partial charge in [0.1, 0.15) is 11.2 Å². The van der Waals surface area contributed by atoms with E-state index in [-0.39, 0.29) is 0 Å². The minimum absolute atomic E-state index is 1.25. The molecule has 0 spiro atoms. The molecule has 8 heteroatoms. The predicted octanol–water partition coefficient (Wildman–Crippen LogP) is 4.44. The predicted molar refractivity (Wildman–Crippen MR) is 51.7 cm³/mol. The fraction of sp³-hybridized carbons (Fsp3) is 0.455. The maximum absolute atomic E-state index is 13.4. The molecule has 0 N–H and O–H groups in total. The van der Waals surface area contributed by atoms with Crippen LogP contribution >= 0.6 is 0 Å². The molecule has 19 heavy (non-hydrogen) atoms. The van der Waals surface area contributed by atoms with E-state index < -0.39 is 46.4 Å². The van der Waals surface area contributed by atoms with Gasteiger partial charge in [0, 0.05) is 0 Å². The highest BCUT2D eigenvalue weighted by atomic mass is 19.4. The second kappa shape index (κ2) is 4.57. The second-order valence-corrected chi connectivity index (χ2v) is 4.67. The number of hydrogen-bond acceptors (Lipinski definition) is 1. The van der Waals surface area contributed by atoms with Gasteiger partial charge in [-0.15, -0.1) is 0 Å². The SMILES string of the molecule is CC(C)(C)Oc1c(F)c(F)c(C(F)(F)F)c(F)c1F. The minimum atomic E-state index is -5.56. The summed E-state index contributed by atoms with van der Waals surface area (Å²) in [4.78, 5) is 0. The van der Waals surface area contributed by atoms with E-state index in [4.69, 9.17) is 0 Å². The van der Waals surface area contributed by atoms with Crippen molar-refractivity contribution in [3.8, 4) is 5.75 Å². The first kappa shape index (κ1) is 15.6. The molecule has 0 aromatic heterocycles. The summed E-state index contributed by atoms with van der Waals surface area (Å²) in [5, 5.41) is 0. The van der Waals surface area contributed by atoms with Gasteiger partial charge in [-0.25, -0.2) is 8.78 Å². The molecule has 0 heterocycles. The Balaban J connectivity index is 3.57. The number of ether oxygens (including phenoxy) is 1. The van der Waals surface area contributed by atoms with E-state index >= 15 is 0 Å². The molecule has 0 saturated carbocycles. The monoisotopic (exact) mass is 290 g/mol. The maximum Gasteiger partial charge on any atom is 0.422 e. The number of halogens is 7. The van der Waals surface area contributed by atoms with Gasteiger partial charge in [-0.1, -0.05) is 0 Å². The largest absolute Gasteiger partial charge is 0.482 e. The lowest BCUT2D eigenvalue weighted by Crippen LogP contribution is -2.26. The van der Waals surface area contributed by atoms with Crippen LogP contribution in [0.4, 0.5) is 30.7 Å². The fourth-order valence-corrected chi connectivity index (χ4v) is 1.26. The van der Waals surface area contributed by atoms with Gasteiger partial charge in [-0.3, -0.25) is 0 Å². The highest BCUT2D eigenvalue weighted by Crippen LogP contribution is 2.39. The summed E-state index contributed by atoms with van der Waals surface area (Å²) in [6.45, 7) is 3.91. The van der Waals surface area contributed by atoms with Gasteiger partial charge in [0.2, 0.25) is 11.6 Å². The van der Waals surface area contributed by atoms with Crippen molar-refractivity contribution in [2.45, 2.75) is 32.5 Å². The van der Waals surface area contributed by atoms with Gasteiger partial charge < -0.3 is 4.74 Å². The Hall–Kier alpha value is -1.47. The van der Waals surface area contributed by atoms with Crippen LogP contribution in [-0.2, 0) is 6.18 Å². The van der Waals surface area contributed by atoms with Crippen LogP contribution in [0, 0.1) is 23.3 Å². The molecule has 0 radical (unpaired) electrons. The molecule has 0 amide bonds. The van der Waals surface area contributed by atoms with E-state index in [0.717, 1.165) is 0 Å². The fourth-order valence-electron chi connectivity index (χ4n) is 1.26. The normalized spacial score (nSPS) is 12.7. The van der Waals surface area contributed by atoms with Gasteiger partial charge in [0.05, 0.1) is 0 Å². The average molecular weight is 290 g/mol. The highest BCUT2D eigenvalue weighted by Gasteiger charge is 2.43. The van der Waals surface area contributed by atoms with E-state index in [1.54, 1.807) is 0 Å². The molecule has 0 atom stereocenters. The molecule has 0 saturated heterocycles. The maximum atomic E-state index is 13.4. The zero-order chi connectivity index (χ0) is 15.2. The van der Waals surface area contributed by atoms with Crippen molar-refractivity contribution in [1.82, 2.24) is 0 Å². The molecule has 108 valence electrons. The van der Waals surface area contributed by atoms with E-state index in [2.05, 4.69) is 4.74 Å². The highest BCUT2D eigenvalue weighted by molar-refractivity contribution is 5.36. The smallest absolute Gasteiger partial charge is 0.422 e. The van der Waals surface area contributed by atoms with Gasteiger partial charge in [0.15, 0.2) is 17.4 Å². The van der Waals surface area contributed by atoms with Gasteiger partial charge in [0.25, 0.3) is 0 Å². The Bertz CT molecular complexity index is 470. The Morgan fingerprint density at radius 2 is 1.11 bits per heavy atom. The van der Waals surface area contributed by atoms with Crippen molar-refractivity contribution in [1.29, 1.82) is 0 Å². The Labute approximate surface area is 104 Å². The van der Waals surface area contributed by atoms with Crippen LogP contribution < -0.4 is 4.74 Å². The average Bonchev–Trinajstić information content (AvgIpc) is 2.18. The van der Waals surface area contributed by atoms with Crippen LogP contribution in [0.15, 0.2) is 0 Å². The van der Waals surface area contributed by atoms with E-state index in [0.29, 0.717) is 0 Å². The van der Waals surface area contributed by atoms with Gasteiger partial charge in [-0.2, -0.15) is 22.0 Å². The van der Waals surface area contributed by atoms with E-state index in [9.17, 15) is 30.7 Å². The van der Waals surface area contributed by atoms with Crippen LogP contribution in [0.2, 0.25) is 0 Å². The Kier molecular flexibility index (Phi) is 3.75. The van der Waals surface area contributed by atoms with Crippen LogP contribution in [-0.4, -0.2) is 5.60 Å². The zero-order valence-electron chi connectivity index (χ0n) is 10.1. The molecule has 0 aliphatic carbocycles. The van der Waals surface area contributed by atoms with Crippen LogP contribution in [0.3, 0.4) is 0 Å².